The lowest BCUT2D eigenvalue weighted by molar-refractivity contribution is 0.219. The monoisotopic (exact) mass is 157 g/mol. The van der Waals surface area contributed by atoms with Crippen molar-refractivity contribution in [3.8, 4) is 0 Å². The van der Waals surface area contributed by atoms with Crippen LogP contribution in [-0.4, -0.2) is 16.4 Å². The van der Waals surface area contributed by atoms with Crippen molar-refractivity contribution in [3.63, 3.8) is 0 Å². The van der Waals surface area contributed by atoms with E-state index in [1.807, 2.05) is 0 Å². The zero-order valence-electron chi connectivity index (χ0n) is 6.45. The first kappa shape index (κ1) is 6.99. The second-order valence-corrected chi connectivity index (χ2v) is 4.30. The molecule has 2 aliphatic rings. The summed E-state index contributed by atoms with van der Waals surface area (Å²) >= 11 is 4.49. The number of hydrogen-bond acceptors (Lipinski definition) is 2. The summed E-state index contributed by atoms with van der Waals surface area (Å²) in [4.78, 5) is 0. The van der Waals surface area contributed by atoms with Crippen molar-refractivity contribution in [2.24, 2.45) is 5.92 Å². The van der Waals surface area contributed by atoms with Crippen LogP contribution in [0.5, 0.6) is 0 Å². The van der Waals surface area contributed by atoms with Crippen LogP contribution in [0.2, 0.25) is 0 Å². The highest BCUT2D eigenvalue weighted by Gasteiger charge is 2.37. The Kier molecular flexibility index (Phi) is 1.69. The van der Waals surface area contributed by atoms with Crippen LogP contribution in [0, 0.1) is 5.92 Å². The predicted molar refractivity (Wildman–Crippen MR) is 46.0 cm³/mol. The van der Waals surface area contributed by atoms with Gasteiger partial charge in [0, 0.05) is 12.1 Å². The highest BCUT2D eigenvalue weighted by Crippen LogP contribution is 2.39. The molecule has 2 bridgehead atoms. The predicted octanol–water partition coefficient (Wildman–Crippen LogP) is 2.09. The van der Waals surface area contributed by atoms with E-state index in [0.717, 1.165) is 18.0 Å². The van der Waals surface area contributed by atoms with Crippen molar-refractivity contribution in [2.75, 3.05) is 0 Å². The molecule has 2 saturated heterocycles. The van der Waals surface area contributed by atoms with Crippen molar-refractivity contribution in [1.82, 2.24) is 4.31 Å². The van der Waals surface area contributed by atoms with Crippen molar-refractivity contribution < 1.29 is 0 Å². The third-order valence-corrected chi connectivity index (χ3v) is 3.58. The van der Waals surface area contributed by atoms with Crippen LogP contribution in [-0.2, 0) is 0 Å². The molecular formula is C8H15NS. The molecule has 10 heavy (non-hydrogen) atoms. The number of piperidine rings is 1. The van der Waals surface area contributed by atoms with Gasteiger partial charge in [-0.2, -0.15) is 0 Å². The van der Waals surface area contributed by atoms with Gasteiger partial charge in [-0.1, -0.05) is 19.7 Å². The molecule has 1 nitrogen and oxygen atoms in total. The Balaban J connectivity index is 2.09. The van der Waals surface area contributed by atoms with E-state index >= 15 is 0 Å². The lowest BCUT2D eigenvalue weighted by Gasteiger charge is -2.33. The summed E-state index contributed by atoms with van der Waals surface area (Å²) < 4.78 is 2.29. The van der Waals surface area contributed by atoms with E-state index in [0.29, 0.717) is 0 Å². The Morgan fingerprint density at radius 2 is 1.70 bits per heavy atom. The number of hydrogen-bond donors (Lipinski definition) is 1. The molecule has 0 saturated carbocycles. The van der Waals surface area contributed by atoms with Crippen LogP contribution in [0.4, 0.5) is 0 Å². The van der Waals surface area contributed by atoms with Gasteiger partial charge in [-0.25, -0.2) is 4.31 Å². The Labute approximate surface area is 68.3 Å². The molecule has 2 fully saturated rings. The highest BCUT2D eigenvalue weighted by atomic mass is 32.1. The summed E-state index contributed by atoms with van der Waals surface area (Å²) in [5.41, 5.74) is 0. The first-order valence-corrected chi connectivity index (χ1v) is 4.64. The first-order valence-electron chi connectivity index (χ1n) is 4.24. The molecule has 0 aromatic rings. The highest BCUT2D eigenvalue weighted by molar-refractivity contribution is 7.77. The van der Waals surface area contributed by atoms with Crippen molar-refractivity contribution in [2.45, 2.75) is 44.7 Å². The van der Waals surface area contributed by atoms with E-state index in [1.165, 1.54) is 25.7 Å². The maximum absolute atomic E-state index is 4.49. The Morgan fingerprint density at radius 1 is 1.20 bits per heavy atom. The number of thiol groups is 1. The Morgan fingerprint density at radius 3 is 2.20 bits per heavy atom. The van der Waals surface area contributed by atoms with E-state index in [4.69, 9.17) is 0 Å². The number of rotatable bonds is 0. The lowest BCUT2D eigenvalue weighted by atomic mass is 9.94. The maximum atomic E-state index is 4.49. The van der Waals surface area contributed by atoms with E-state index in [-0.39, 0.29) is 0 Å². The molecule has 2 atom stereocenters. The minimum absolute atomic E-state index is 0.803. The average Bonchev–Trinajstić information content (AvgIpc) is 2.20. The number of fused-ring (bicyclic) bond motifs is 2. The molecule has 0 aromatic heterocycles. The molecule has 0 aliphatic carbocycles. The first-order chi connectivity index (χ1) is 4.77. The van der Waals surface area contributed by atoms with Gasteiger partial charge in [0.15, 0.2) is 0 Å². The third-order valence-electron chi connectivity index (χ3n) is 2.93. The SMILES string of the molecule is CC1C[C@@H]2CC[C@@H](C1)N2S. The maximum Gasteiger partial charge on any atom is 0.0206 e. The van der Waals surface area contributed by atoms with Gasteiger partial charge < -0.3 is 0 Å². The van der Waals surface area contributed by atoms with Crippen molar-refractivity contribution in [3.05, 3.63) is 0 Å². The van der Waals surface area contributed by atoms with E-state index in [1.54, 1.807) is 0 Å². The zero-order chi connectivity index (χ0) is 7.14. The van der Waals surface area contributed by atoms with Crippen LogP contribution in [0.25, 0.3) is 0 Å². The third kappa shape index (κ3) is 0.978. The summed E-state index contributed by atoms with van der Waals surface area (Å²) in [7, 11) is 0. The van der Waals surface area contributed by atoms with Crippen LogP contribution >= 0.6 is 12.8 Å². The zero-order valence-corrected chi connectivity index (χ0v) is 7.35. The van der Waals surface area contributed by atoms with Crippen LogP contribution in [0.1, 0.15) is 32.6 Å². The fourth-order valence-electron chi connectivity index (χ4n) is 2.42. The molecule has 2 rings (SSSR count). The smallest absolute Gasteiger partial charge is 0.0206 e. The summed E-state index contributed by atoms with van der Waals surface area (Å²) in [6.45, 7) is 2.37. The minimum atomic E-state index is 0.803. The number of nitrogens with zero attached hydrogens (tertiary/aromatic N) is 1. The summed E-state index contributed by atoms with van der Waals surface area (Å²) in [5, 5.41) is 0. The van der Waals surface area contributed by atoms with Gasteiger partial charge >= 0.3 is 0 Å². The van der Waals surface area contributed by atoms with Gasteiger partial charge in [-0.15, -0.1) is 0 Å². The molecule has 0 N–H and O–H groups in total. The lowest BCUT2D eigenvalue weighted by Crippen LogP contribution is -2.35. The summed E-state index contributed by atoms with van der Waals surface area (Å²) in [6, 6.07) is 1.61. The van der Waals surface area contributed by atoms with E-state index < -0.39 is 0 Å². The van der Waals surface area contributed by atoms with Crippen LogP contribution in [0.3, 0.4) is 0 Å². The summed E-state index contributed by atoms with van der Waals surface area (Å²) in [6.07, 6.45) is 5.52. The second kappa shape index (κ2) is 2.42. The van der Waals surface area contributed by atoms with Gasteiger partial charge in [0.1, 0.15) is 0 Å². The normalized spacial score (nSPS) is 48.0. The molecule has 2 heterocycles. The summed E-state index contributed by atoms with van der Waals surface area (Å²) in [5.74, 6) is 0.945. The van der Waals surface area contributed by atoms with Gasteiger partial charge in [-0.3, -0.25) is 0 Å². The van der Waals surface area contributed by atoms with Crippen LogP contribution in [0.15, 0.2) is 0 Å². The van der Waals surface area contributed by atoms with Crippen molar-refractivity contribution >= 4 is 12.8 Å². The Hall–Kier alpha value is 0.310. The molecule has 2 aliphatic heterocycles. The molecule has 0 radical (unpaired) electrons. The van der Waals surface area contributed by atoms with Gasteiger partial charge in [0.25, 0.3) is 0 Å². The van der Waals surface area contributed by atoms with E-state index in [2.05, 4.69) is 24.0 Å². The largest absolute Gasteiger partial charge is 0.247 e. The fourth-order valence-corrected chi connectivity index (χ4v) is 2.84. The van der Waals surface area contributed by atoms with Crippen LogP contribution < -0.4 is 0 Å². The molecule has 0 unspecified atom stereocenters. The molecule has 2 heteroatoms. The second-order valence-electron chi connectivity index (χ2n) is 3.84. The average molecular weight is 157 g/mol. The van der Waals surface area contributed by atoms with Crippen molar-refractivity contribution in [1.29, 1.82) is 0 Å². The van der Waals surface area contributed by atoms with Gasteiger partial charge in [-0.05, 0) is 31.6 Å². The molecule has 58 valence electrons. The van der Waals surface area contributed by atoms with E-state index in [9.17, 15) is 0 Å². The van der Waals surface area contributed by atoms with Gasteiger partial charge in [0.05, 0.1) is 0 Å². The topological polar surface area (TPSA) is 3.24 Å². The minimum Gasteiger partial charge on any atom is -0.247 e. The molecular weight excluding hydrogens is 142 g/mol. The van der Waals surface area contributed by atoms with Gasteiger partial charge in [0.2, 0.25) is 0 Å². The quantitative estimate of drug-likeness (QED) is 0.527. The standard InChI is InChI=1S/C8H15NS/c1-6-4-7-2-3-8(5-6)9(7)10/h6-8,10H,2-5H2,1H3/t7-,8-/m0/s1. The molecule has 0 spiro atoms. The Bertz CT molecular complexity index is 123. The fraction of sp³-hybridized carbons (Fsp3) is 1.00. The molecule has 0 amide bonds. The molecule has 0 aromatic carbocycles.